The van der Waals surface area contributed by atoms with Crippen LogP contribution in [-0.2, 0) is 23.8 Å². The van der Waals surface area contributed by atoms with E-state index in [2.05, 4.69) is 93.7 Å². The van der Waals surface area contributed by atoms with Gasteiger partial charge in [-0.05, 0) is 89.9 Å². The summed E-state index contributed by atoms with van der Waals surface area (Å²) in [7, 11) is 0. The Morgan fingerprint density at radius 1 is 0.383 bits per heavy atom. The molecule has 0 saturated carbocycles. The van der Waals surface area contributed by atoms with Crippen molar-refractivity contribution in [2.75, 3.05) is 19.8 Å². The van der Waals surface area contributed by atoms with Gasteiger partial charge in [0.2, 0.25) is 0 Å². The van der Waals surface area contributed by atoms with E-state index in [1.807, 2.05) is 0 Å². The Bertz CT molecular complexity index is 1080. The molecular weight excluding hydrogens is 741 g/mol. The molecule has 0 radical (unpaired) electrons. The molecule has 0 heterocycles. The Morgan fingerprint density at radius 2 is 0.750 bits per heavy atom. The molecule has 0 fully saturated rings. The highest BCUT2D eigenvalue weighted by Gasteiger charge is 2.17. The molecule has 60 heavy (non-hydrogen) atoms. The first kappa shape index (κ1) is 57.3. The minimum Gasteiger partial charge on any atom is -0.462 e. The molecule has 0 aromatic carbocycles. The zero-order valence-corrected chi connectivity index (χ0v) is 39.7. The molecule has 0 aliphatic rings. The summed E-state index contributed by atoms with van der Waals surface area (Å²) in [5, 5.41) is 0. The van der Waals surface area contributed by atoms with Crippen LogP contribution >= 0.6 is 0 Å². The molecule has 0 spiro atoms. The van der Waals surface area contributed by atoms with Gasteiger partial charge in [-0.15, -0.1) is 0 Å². The number of rotatable bonds is 46. The lowest BCUT2D eigenvalue weighted by Gasteiger charge is -2.18. The molecule has 0 N–H and O–H groups in total. The van der Waals surface area contributed by atoms with E-state index in [9.17, 15) is 9.59 Å². The van der Waals surface area contributed by atoms with Gasteiger partial charge in [0, 0.05) is 19.4 Å². The number of carbonyl (C=O) groups is 2. The smallest absolute Gasteiger partial charge is 0.306 e. The zero-order chi connectivity index (χ0) is 43.5. The van der Waals surface area contributed by atoms with Crippen LogP contribution < -0.4 is 0 Å². The third-order valence-electron chi connectivity index (χ3n) is 10.7. The lowest BCUT2D eigenvalue weighted by Crippen LogP contribution is -2.30. The van der Waals surface area contributed by atoms with E-state index in [-0.39, 0.29) is 25.2 Å². The van der Waals surface area contributed by atoms with Crippen molar-refractivity contribution in [3.8, 4) is 0 Å². The molecular formula is C55H96O5. The van der Waals surface area contributed by atoms with Gasteiger partial charge in [-0.3, -0.25) is 9.59 Å². The number of ether oxygens (including phenoxy) is 3. The van der Waals surface area contributed by atoms with E-state index in [1.165, 1.54) is 122 Å². The predicted molar refractivity (Wildman–Crippen MR) is 260 cm³/mol. The summed E-state index contributed by atoms with van der Waals surface area (Å²) in [5.74, 6) is -0.450. The van der Waals surface area contributed by atoms with E-state index < -0.39 is 6.10 Å². The van der Waals surface area contributed by atoms with Crippen molar-refractivity contribution in [1.29, 1.82) is 0 Å². The Morgan fingerprint density at radius 3 is 1.27 bits per heavy atom. The first-order valence-electron chi connectivity index (χ1n) is 25.5. The van der Waals surface area contributed by atoms with Crippen LogP contribution in [0.2, 0.25) is 0 Å². The predicted octanol–water partition coefficient (Wildman–Crippen LogP) is 17.1. The Balaban J connectivity index is 4.32. The molecule has 1 unspecified atom stereocenters. The number of hydrogen-bond donors (Lipinski definition) is 0. The SMILES string of the molecule is CC/C=C\C/C=C\C/C=C\C/C=C\CCCCC(=O)OC(COCCCCCCCCCCCCCC)COC(=O)CCCCCCCCC/C=C\C/C=C\CCCCC. The summed E-state index contributed by atoms with van der Waals surface area (Å²) in [4.78, 5) is 25.4. The maximum absolute atomic E-state index is 12.8. The van der Waals surface area contributed by atoms with E-state index in [1.54, 1.807) is 0 Å². The van der Waals surface area contributed by atoms with Gasteiger partial charge < -0.3 is 14.2 Å². The van der Waals surface area contributed by atoms with Crippen molar-refractivity contribution in [1.82, 2.24) is 0 Å². The zero-order valence-electron chi connectivity index (χ0n) is 39.7. The van der Waals surface area contributed by atoms with Crippen molar-refractivity contribution in [2.24, 2.45) is 0 Å². The van der Waals surface area contributed by atoms with Crippen LogP contribution in [0, 0.1) is 0 Å². The van der Waals surface area contributed by atoms with Crippen LogP contribution in [0.25, 0.3) is 0 Å². The number of esters is 2. The molecule has 346 valence electrons. The summed E-state index contributed by atoms with van der Waals surface area (Å²) >= 11 is 0. The van der Waals surface area contributed by atoms with Gasteiger partial charge in [-0.2, -0.15) is 0 Å². The van der Waals surface area contributed by atoms with Crippen molar-refractivity contribution in [3.05, 3.63) is 72.9 Å². The quantitative estimate of drug-likeness (QED) is 0.0347. The minimum absolute atomic E-state index is 0.0641. The molecule has 0 amide bonds. The third kappa shape index (κ3) is 48.0. The van der Waals surface area contributed by atoms with Gasteiger partial charge in [-0.1, -0.05) is 209 Å². The topological polar surface area (TPSA) is 61.8 Å². The van der Waals surface area contributed by atoms with Crippen molar-refractivity contribution < 1.29 is 23.8 Å². The summed E-state index contributed by atoms with van der Waals surface area (Å²) in [6, 6.07) is 0. The van der Waals surface area contributed by atoms with E-state index in [4.69, 9.17) is 14.2 Å². The van der Waals surface area contributed by atoms with E-state index in [0.29, 0.717) is 19.4 Å². The second kappa shape index (κ2) is 50.7. The summed E-state index contributed by atoms with van der Waals surface area (Å²) in [5.41, 5.74) is 0. The highest BCUT2D eigenvalue weighted by atomic mass is 16.6. The van der Waals surface area contributed by atoms with Gasteiger partial charge in [0.1, 0.15) is 6.61 Å². The molecule has 0 aromatic heterocycles. The highest BCUT2D eigenvalue weighted by molar-refractivity contribution is 5.70. The molecule has 0 rings (SSSR count). The van der Waals surface area contributed by atoms with Gasteiger partial charge in [0.15, 0.2) is 6.10 Å². The highest BCUT2D eigenvalue weighted by Crippen LogP contribution is 2.14. The maximum Gasteiger partial charge on any atom is 0.306 e. The molecule has 0 aliphatic carbocycles. The molecule has 0 saturated heterocycles. The molecule has 5 nitrogen and oxygen atoms in total. The van der Waals surface area contributed by atoms with Gasteiger partial charge in [0.25, 0.3) is 0 Å². The minimum atomic E-state index is -0.560. The number of unbranched alkanes of at least 4 members (excludes halogenated alkanes) is 23. The average molecular weight is 837 g/mol. The summed E-state index contributed by atoms with van der Waals surface area (Å²) < 4.78 is 17.3. The third-order valence-corrected chi connectivity index (χ3v) is 10.7. The van der Waals surface area contributed by atoms with Gasteiger partial charge >= 0.3 is 11.9 Å². The van der Waals surface area contributed by atoms with Crippen LogP contribution in [-0.4, -0.2) is 37.9 Å². The summed E-state index contributed by atoms with van der Waals surface area (Å²) in [6.45, 7) is 7.65. The van der Waals surface area contributed by atoms with Crippen molar-refractivity contribution in [3.63, 3.8) is 0 Å². The number of allylic oxidation sites excluding steroid dienone is 12. The van der Waals surface area contributed by atoms with E-state index in [0.717, 1.165) is 83.5 Å². The lowest BCUT2D eigenvalue weighted by molar-refractivity contribution is -0.163. The first-order valence-corrected chi connectivity index (χ1v) is 25.5. The number of hydrogen-bond acceptors (Lipinski definition) is 5. The van der Waals surface area contributed by atoms with Crippen LogP contribution in [0.1, 0.15) is 239 Å². The normalized spacial score (nSPS) is 12.8. The molecule has 1 atom stereocenters. The fourth-order valence-corrected chi connectivity index (χ4v) is 6.94. The van der Waals surface area contributed by atoms with Crippen LogP contribution in [0.3, 0.4) is 0 Å². The molecule has 0 bridgehead atoms. The molecule has 0 aliphatic heterocycles. The maximum atomic E-state index is 12.8. The molecule has 5 heteroatoms. The lowest BCUT2D eigenvalue weighted by atomic mass is 10.1. The average Bonchev–Trinajstić information content (AvgIpc) is 3.25. The second-order valence-corrected chi connectivity index (χ2v) is 16.7. The Kier molecular flexibility index (Phi) is 48.4. The first-order chi connectivity index (χ1) is 29.6. The van der Waals surface area contributed by atoms with Crippen LogP contribution in [0.5, 0.6) is 0 Å². The monoisotopic (exact) mass is 837 g/mol. The van der Waals surface area contributed by atoms with Gasteiger partial charge in [-0.25, -0.2) is 0 Å². The van der Waals surface area contributed by atoms with Crippen molar-refractivity contribution >= 4 is 11.9 Å². The number of carbonyl (C=O) groups excluding carboxylic acids is 2. The van der Waals surface area contributed by atoms with Crippen LogP contribution in [0.15, 0.2) is 72.9 Å². The van der Waals surface area contributed by atoms with Crippen molar-refractivity contribution in [2.45, 2.75) is 245 Å². The molecule has 0 aromatic rings. The van der Waals surface area contributed by atoms with E-state index >= 15 is 0 Å². The standard InChI is InChI=1S/C55H96O5/c1-4-7-10-13-16-19-22-25-27-28-30-31-33-36-39-42-45-48-54(56)59-52-53(51-58-50-47-44-41-38-35-24-21-18-15-12-9-6-3)60-55(57)49-46-43-40-37-34-32-29-26-23-20-17-14-11-8-5-2/h8,11,16-17,19-20,25-27,29,34,37,53H,4-7,9-10,12-15,18,21-24,28,30-33,35-36,38-52H2,1-3H3/b11-8-,19-16-,20-17-,27-25-,29-26-,37-34-. The Hall–Kier alpha value is -2.66. The van der Waals surface area contributed by atoms with Crippen LogP contribution in [0.4, 0.5) is 0 Å². The fraction of sp³-hybridized carbons (Fsp3) is 0.745. The fourth-order valence-electron chi connectivity index (χ4n) is 6.94. The largest absolute Gasteiger partial charge is 0.462 e. The van der Waals surface area contributed by atoms with Gasteiger partial charge in [0.05, 0.1) is 6.61 Å². The summed E-state index contributed by atoms with van der Waals surface area (Å²) in [6.07, 6.45) is 64.8. The Labute approximate surface area is 372 Å². The second-order valence-electron chi connectivity index (χ2n) is 16.7.